The van der Waals surface area contributed by atoms with Gasteiger partial charge in [0.25, 0.3) is 10.0 Å². The van der Waals surface area contributed by atoms with Crippen LogP contribution >= 0.6 is 11.6 Å². The van der Waals surface area contributed by atoms with E-state index >= 15 is 0 Å². The van der Waals surface area contributed by atoms with Crippen molar-refractivity contribution >= 4 is 33.6 Å². The smallest absolute Gasteiger partial charge is 0.261 e. The number of nitrogens with one attached hydrogen (secondary N) is 1. The molecule has 0 aliphatic heterocycles. The Balaban J connectivity index is 2.33. The van der Waals surface area contributed by atoms with Crippen molar-refractivity contribution in [3.8, 4) is 5.75 Å². The van der Waals surface area contributed by atoms with Crippen molar-refractivity contribution in [1.29, 1.82) is 0 Å². The van der Waals surface area contributed by atoms with E-state index in [2.05, 4.69) is 4.72 Å². The lowest BCUT2D eigenvalue weighted by Crippen LogP contribution is -2.12. The highest BCUT2D eigenvalue weighted by molar-refractivity contribution is 7.92. The number of halogens is 1. The molecule has 0 saturated heterocycles. The van der Waals surface area contributed by atoms with Crippen LogP contribution in [0.4, 0.5) is 5.69 Å². The number of anilines is 1. The van der Waals surface area contributed by atoms with Gasteiger partial charge in [0.05, 0.1) is 16.1 Å². The summed E-state index contributed by atoms with van der Waals surface area (Å²) in [6.45, 7) is 0. The molecule has 0 spiro atoms. The van der Waals surface area contributed by atoms with Crippen LogP contribution in [0.25, 0.3) is 0 Å². The Hall–Kier alpha value is -2.05. The van der Waals surface area contributed by atoms with Crippen LogP contribution in [0.5, 0.6) is 5.75 Å². The van der Waals surface area contributed by atoms with E-state index in [9.17, 15) is 18.3 Å². The number of hydrogen-bond donors (Lipinski definition) is 2. The fourth-order valence-electron chi connectivity index (χ4n) is 1.56. The first-order chi connectivity index (χ1) is 9.42. The van der Waals surface area contributed by atoms with Crippen molar-refractivity contribution in [1.82, 2.24) is 0 Å². The van der Waals surface area contributed by atoms with Gasteiger partial charge < -0.3 is 5.11 Å². The summed E-state index contributed by atoms with van der Waals surface area (Å²) in [5.41, 5.74) is 0.226. The molecule has 0 aliphatic carbocycles. The molecule has 20 heavy (non-hydrogen) atoms. The Morgan fingerprint density at radius 2 is 1.90 bits per heavy atom. The lowest BCUT2D eigenvalue weighted by atomic mass is 10.2. The van der Waals surface area contributed by atoms with Crippen molar-refractivity contribution in [2.75, 3.05) is 4.72 Å². The first kappa shape index (κ1) is 14.4. The number of rotatable bonds is 4. The summed E-state index contributed by atoms with van der Waals surface area (Å²) in [5, 5.41) is 9.81. The monoisotopic (exact) mass is 311 g/mol. The molecule has 2 aromatic rings. The van der Waals surface area contributed by atoms with E-state index in [1.54, 1.807) is 6.07 Å². The SMILES string of the molecule is O=Cc1ccc(NS(=O)(=O)c2cccc(Cl)c2)cc1O. The van der Waals surface area contributed by atoms with Gasteiger partial charge >= 0.3 is 0 Å². The number of carbonyl (C=O) groups is 1. The molecule has 0 fully saturated rings. The number of benzene rings is 2. The second kappa shape index (κ2) is 5.52. The van der Waals surface area contributed by atoms with E-state index in [4.69, 9.17) is 11.6 Å². The number of aldehydes is 1. The van der Waals surface area contributed by atoms with Gasteiger partial charge in [-0.25, -0.2) is 8.42 Å². The zero-order valence-electron chi connectivity index (χ0n) is 10.1. The quantitative estimate of drug-likeness (QED) is 0.850. The zero-order chi connectivity index (χ0) is 14.8. The average molecular weight is 312 g/mol. The van der Waals surface area contributed by atoms with Crippen LogP contribution in [0.1, 0.15) is 10.4 Å². The van der Waals surface area contributed by atoms with Crippen molar-refractivity contribution in [3.05, 3.63) is 53.1 Å². The molecule has 0 bridgehead atoms. The maximum atomic E-state index is 12.1. The van der Waals surface area contributed by atoms with E-state index in [-0.39, 0.29) is 21.9 Å². The highest BCUT2D eigenvalue weighted by atomic mass is 35.5. The lowest BCUT2D eigenvalue weighted by Gasteiger charge is -2.09. The molecule has 2 N–H and O–H groups in total. The molecule has 0 atom stereocenters. The summed E-state index contributed by atoms with van der Waals surface area (Å²) >= 11 is 5.75. The largest absolute Gasteiger partial charge is 0.507 e. The minimum Gasteiger partial charge on any atom is -0.507 e. The number of phenolic OH excluding ortho intramolecular Hbond substituents is 1. The molecule has 0 aromatic heterocycles. The van der Waals surface area contributed by atoms with Crippen LogP contribution in [0, 0.1) is 0 Å². The third-order valence-corrected chi connectivity index (χ3v) is 4.13. The first-order valence-electron chi connectivity index (χ1n) is 5.49. The normalized spacial score (nSPS) is 11.1. The standard InChI is InChI=1S/C13H10ClNO4S/c14-10-2-1-3-12(6-10)20(18,19)15-11-5-4-9(8-16)13(17)7-11/h1-8,15,17H. The zero-order valence-corrected chi connectivity index (χ0v) is 11.6. The number of sulfonamides is 1. The molecule has 7 heteroatoms. The number of phenols is 1. The summed E-state index contributed by atoms with van der Waals surface area (Å²) in [4.78, 5) is 10.6. The Kier molecular flexibility index (Phi) is 3.96. The fraction of sp³-hybridized carbons (Fsp3) is 0. The summed E-state index contributed by atoms with van der Waals surface area (Å²) < 4.78 is 26.5. The van der Waals surface area contributed by atoms with Crippen molar-refractivity contribution in [3.63, 3.8) is 0 Å². The fourth-order valence-corrected chi connectivity index (χ4v) is 2.90. The molecule has 5 nitrogen and oxygen atoms in total. The van der Waals surface area contributed by atoms with Crippen LogP contribution in [0.2, 0.25) is 5.02 Å². The van der Waals surface area contributed by atoms with Gasteiger partial charge in [-0.05, 0) is 30.3 Å². The summed E-state index contributed by atoms with van der Waals surface area (Å²) in [6.07, 6.45) is 0.477. The molecule has 0 amide bonds. The van der Waals surface area contributed by atoms with Crippen LogP contribution < -0.4 is 4.72 Å². The third kappa shape index (κ3) is 3.09. The second-order valence-electron chi connectivity index (χ2n) is 3.95. The average Bonchev–Trinajstić information content (AvgIpc) is 2.38. The predicted molar refractivity (Wildman–Crippen MR) is 75.8 cm³/mol. The maximum absolute atomic E-state index is 12.1. The van der Waals surface area contributed by atoms with Crippen molar-refractivity contribution < 1.29 is 18.3 Å². The molecule has 2 aromatic carbocycles. The van der Waals surface area contributed by atoms with E-state index in [1.165, 1.54) is 30.3 Å². The van der Waals surface area contributed by atoms with Gasteiger partial charge in [0.2, 0.25) is 0 Å². The molecule has 0 saturated carbocycles. The minimum atomic E-state index is -3.81. The van der Waals surface area contributed by atoms with E-state index in [0.29, 0.717) is 11.3 Å². The molecule has 0 radical (unpaired) electrons. The Morgan fingerprint density at radius 3 is 2.50 bits per heavy atom. The molecule has 0 aliphatic rings. The number of carbonyl (C=O) groups excluding carboxylic acids is 1. The van der Waals surface area contributed by atoms with Gasteiger partial charge in [-0.1, -0.05) is 17.7 Å². The van der Waals surface area contributed by atoms with Gasteiger partial charge in [0.15, 0.2) is 6.29 Å². The highest BCUT2D eigenvalue weighted by Gasteiger charge is 2.15. The van der Waals surface area contributed by atoms with Gasteiger partial charge in [0, 0.05) is 11.1 Å². The molecule has 0 heterocycles. The first-order valence-corrected chi connectivity index (χ1v) is 7.35. The Morgan fingerprint density at radius 1 is 1.15 bits per heavy atom. The summed E-state index contributed by atoms with van der Waals surface area (Å²) in [7, 11) is -3.81. The van der Waals surface area contributed by atoms with Gasteiger partial charge in [-0.2, -0.15) is 0 Å². The van der Waals surface area contributed by atoms with Crippen LogP contribution in [-0.2, 0) is 10.0 Å². The molecule has 104 valence electrons. The molecule has 0 unspecified atom stereocenters. The third-order valence-electron chi connectivity index (χ3n) is 2.52. The van der Waals surface area contributed by atoms with Crippen molar-refractivity contribution in [2.24, 2.45) is 0 Å². The topological polar surface area (TPSA) is 83.5 Å². The Labute approximate surface area is 120 Å². The van der Waals surface area contributed by atoms with Gasteiger partial charge in [-0.15, -0.1) is 0 Å². The van der Waals surface area contributed by atoms with Gasteiger partial charge in [0.1, 0.15) is 5.75 Å². The number of aromatic hydroxyl groups is 1. The van der Waals surface area contributed by atoms with Crippen LogP contribution in [0.3, 0.4) is 0 Å². The summed E-state index contributed by atoms with van der Waals surface area (Å²) in [5.74, 6) is -0.300. The van der Waals surface area contributed by atoms with Crippen LogP contribution in [-0.4, -0.2) is 19.8 Å². The summed E-state index contributed by atoms with van der Waals surface area (Å²) in [6, 6.07) is 9.64. The predicted octanol–water partition coefficient (Wildman–Crippen LogP) is 2.66. The molecule has 2 rings (SSSR count). The Bertz CT molecular complexity index is 759. The highest BCUT2D eigenvalue weighted by Crippen LogP contribution is 2.23. The van der Waals surface area contributed by atoms with Crippen molar-refractivity contribution in [2.45, 2.75) is 4.90 Å². The lowest BCUT2D eigenvalue weighted by molar-refractivity contribution is 0.112. The minimum absolute atomic E-state index is 0.00366. The van der Waals surface area contributed by atoms with Gasteiger partial charge in [-0.3, -0.25) is 9.52 Å². The van der Waals surface area contributed by atoms with E-state index in [0.717, 1.165) is 6.07 Å². The number of hydrogen-bond acceptors (Lipinski definition) is 4. The molecular formula is C13H10ClNO4S. The second-order valence-corrected chi connectivity index (χ2v) is 6.07. The molecular weight excluding hydrogens is 302 g/mol. The van der Waals surface area contributed by atoms with E-state index < -0.39 is 10.0 Å². The maximum Gasteiger partial charge on any atom is 0.261 e. The van der Waals surface area contributed by atoms with E-state index in [1.807, 2.05) is 0 Å². The van der Waals surface area contributed by atoms with Crippen LogP contribution in [0.15, 0.2) is 47.4 Å².